The maximum Gasteiger partial charge on any atom is 0.0991 e. The molecule has 1 atom stereocenters. The first-order chi connectivity index (χ1) is 8.59. The average Bonchev–Trinajstić information content (AvgIpc) is 2.36. The van der Waals surface area contributed by atoms with Crippen LogP contribution in [0, 0.1) is 16.7 Å². The lowest BCUT2D eigenvalue weighted by atomic mass is 9.77. The van der Waals surface area contributed by atoms with E-state index >= 15 is 0 Å². The van der Waals surface area contributed by atoms with E-state index in [1.54, 1.807) is 0 Å². The van der Waals surface area contributed by atoms with Gasteiger partial charge in [0.15, 0.2) is 0 Å². The van der Waals surface area contributed by atoms with Crippen molar-refractivity contribution in [2.24, 2.45) is 5.41 Å². The molecule has 1 saturated carbocycles. The van der Waals surface area contributed by atoms with Gasteiger partial charge >= 0.3 is 0 Å². The summed E-state index contributed by atoms with van der Waals surface area (Å²) >= 11 is 2.08. The molecular weight excluding hydrogens is 238 g/mol. The number of hydrogen-bond donors (Lipinski definition) is 0. The molecule has 0 aliphatic heterocycles. The highest BCUT2D eigenvalue weighted by Gasteiger charge is 2.27. The van der Waals surface area contributed by atoms with Gasteiger partial charge in [-0.05, 0) is 42.4 Å². The van der Waals surface area contributed by atoms with Gasteiger partial charge in [0, 0.05) is 11.0 Å². The van der Waals surface area contributed by atoms with Crippen molar-refractivity contribution < 1.29 is 0 Å². The topological polar surface area (TPSA) is 23.8 Å². The molecule has 1 aliphatic carbocycles. The summed E-state index contributed by atoms with van der Waals surface area (Å²) in [6, 6.07) is 10.2. The summed E-state index contributed by atoms with van der Waals surface area (Å²) in [6.45, 7) is 4.78. The van der Waals surface area contributed by atoms with Crippen molar-refractivity contribution >= 4 is 11.8 Å². The molecule has 2 heteroatoms. The molecule has 0 heterocycles. The van der Waals surface area contributed by atoms with Gasteiger partial charge in [0.2, 0.25) is 0 Å². The molecule has 0 amide bonds. The van der Waals surface area contributed by atoms with Crippen molar-refractivity contribution in [2.45, 2.75) is 50.5 Å². The molecule has 2 rings (SSSR count). The predicted octanol–water partition coefficient (Wildman–Crippen LogP) is 4.76. The summed E-state index contributed by atoms with van der Waals surface area (Å²) in [6.07, 6.45) is 5.46. The Balaban J connectivity index is 1.85. The normalized spacial score (nSPS) is 22.4. The Morgan fingerprint density at radius 2 is 2.06 bits per heavy atom. The van der Waals surface area contributed by atoms with Gasteiger partial charge in [-0.2, -0.15) is 17.0 Å². The SMILES string of the molecule is CC1(C)CCC[C@H](SCc2ccc(C#N)cc2)C1. The highest BCUT2D eigenvalue weighted by molar-refractivity contribution is 7.99. The fourth-order valence-electron chi connectivity index (χ4n) is 2.66. The van der Waals surface area contributed by atoms with Crippen molar-refractivity contribution in [3.63, 3.8) is 0 Å². The third kappa shape index (κ3) is 3.78. The zero-order valence-electron chi connectivity index (χ0n) is 11.3. The van der Waals surface area contributed by atoms with Crippen molar-refractivity contribution in [1.82, 2.24) is 0 Å². The van der Waals surface area contributed by atoms with Crippen molar-refractivity contribution in [3.8, 4) is 6.07 Å². The van der Waals surface area contributed by atoms with Gasteiger partial charge in [0.25, 0.3) is 0 Å². The van der Waals surface area contributed by atoms with E-state index in [4.69, 9.17) is 5.26 Å². The minimum Gasteiger partial charge on any atom is -0.192 e. The quantitative estimate of drug-likeness (QED) is 0.781. The molecular formula is C16H21NS. The minimum atomic E-state index is 0.528. The second kappa shape index (κ2) is 5.80. The van der Waals surface area contributed by atoms with Crippen LogP contribution in [0.1, 0.15) is 50.7 Å². The molecule has 1 fully saturated rings. The molecule has 96 valence electrons. The van der Waals surface area contributed by atoms with Crippen LogP contribution >= 0.6 is 11.8 Å². The highest BCUT2D eigenvalue weighted by atomic mass is 32.2. The Morgan fingerprint density at radius 3 is 2.67 bits per heavy atom. The summed E-state index contributed by atoms with van der Waals surface area (Å²) in [5.41, 5.74) is 2.62. The van der Waals surface area contributed by atoms with Crippen LogP contribution < -0.4 is 0 Å². The fraction of sp³-hybridized carbons (Fsp3) is 0.562. The Kier molecular flexibility index (Phi) is 4.35. The largest absolute Gasteiger partial charge is 0.192 e. The Bertz CT molecular complexity index is 427. The molecule has 1 aromatic rings. The first-order valence-electron chi connectivity index (χ1n) is 6.70. The van der Waals surface area contributed by atoms with Gasteiger partial charge in [-0.15, -0.1) is 0 Å². The number of nitrogens with zero attached hydrogens (tertiary/aromatic N) is 1. The lowest BCUT2D eigenvalue weighted by molar-refractivity contribution is 0.251. The number of hydrogen-bond acceptors (Lipinski definition) is 2. The maximum atomic E-state index is 8.76. The highest BCUT2D eigenvalue weighted by Crippen LogP contribution is 2.40. The van der Waals surface area contributed by atoms with E-state index in [2.05, 4.69) is 43.8 Å². The number of rotatable bonds is 3. The van der Waals surface area contributed by atoms with Crippen molar-refractivity contribution in [3.05, 3.63) is 35.4 Å². The van der Waals surface area contributed by atoms with Gasteiger partial charge in [-0.1, -0.05) is 32.4 Å². The van der Waals surface area contributed by atoms with Crippen LogP contribution in [-0.2, 0) is 5.75 Å². The Morgan fingerprint density at radius 1 is 1.33 bits per heavy atom. The van der Waals surface area contributed by atoms with Crippen LogP contribution in [0.4, 0.5) is 0 Å². The summed E-state index contributed by atoms with van der Waals surface area (Å²) in [5, 5.41) is 9.57. The zero-order chi connectivity index (χ0) is 13.0. The Labute approximate surface area is 115 Å². The number of thioether (sulfide) groups is 1. The summed E-state index contributed by atoms with van der Waals surface area (Å²) in [7, 11) is 0. The summed E-state index contributed by atoms with van der Waals surface area (Å²) in [4.78, 5) is 0. The molecule has 0 bridgehead atoms. The molecule has 1 aromatic carbocycles. The standard InChI is InChI=1S/C16H21NS/c1-16(2)9-3-4-15(10-16)18-12-14-7-5-13(11-17)6-8-14/h5-8,15H,3-4,9-10,12H2,1-2H3/t15-/m0/s1. The first kappa shape index (κ1) is 13.5. The minimum absolute atomic E-state index is 0.528. The Hall–Kier alpha value is -0.940. The van der Waals surface area contributed by atoms with Gasteiger partial charge in [-0.25, -0.2) is 0 Å². The van der Waals surface area contributed by atoms with Crippen LogP contribution in [0.2, 0.25) is 0 Å². The van der Waals surface area contributed by atoms with Gasteiger partial charge in [0.05, 0.1) is 11.6 Å². The molecule has 18 heavy (non-hydrogen) atoms. The van der Waals surface area contributed by atoms with Crippen molar-refractivity contribution in [2.75, 3.05) is 0 Å². The van der Waals surface area contributed by atoms with E-state index in [1.165, 1.54) is 31.2 Å². The monoisotopic (exact) mass is 259 g/mol. The van der Waals surface area contributed by atoms with E-state index in [9.17, 15) is 0 Å². The second-order valence-corrected chi connectivity index (χ2v) is 7.29. The average molecular weight is 259 g/mol. The van der Waals surface area contributed by atoms with Crippen LogP contribution in [0.25, 0.3) is 0 Å². The molecule has 0 aromatic heterocycles. The summed E-state index contributed by atoms with van der Waals surface area (Å²) in [5.74, 6) is 1.08. The van der Waals surface area contributed by atoms with E-state index in [-0.39, 0.29) is 0 Å². The zero-order valence-corrected chi connectivity index (χ0v) is 12.1. The van der Waals surface area contributed by atoms with Gasteiger partial charge in [0.1, 0.15) is 0 Å². The molecule has 0 unspecified atom stereocenters. The molecule has 0 saturated heterocycles. The smallest absolute Gasteiger partial charge is 0.0991 e. The molecule has 0 N–H and O–H groups in total. The number of nitriles is 1. The first-order valence-corrected chi connectivity index (χ1v) is 7.75. The van der Waals surface area contributed by atoms with Crippen LogP contribution in [-0.4, -0.2) is 5.25 Å². The van der Waals surface area contributed by atoms with Gasteiger partial charge < -0.3 is 0 Å². The lowest BCUT2D eigenvalue weighted by Gasteiger charge is -2.34. The summed E-state index contributed by atoms with van der Waals surface area (Å²) < 4.78 is 0. The molecule has 1 aliphatic rings. The number of benzene rings is 1. The molecule has 0 radical (unpaired) electrons. The van der Waals surface area contributed by atoms with Crippen LogP contribution in [0.15, 0.2) is 24.3 Å². The lowest BCUT2D eigenvalue weighted by Crippen LogP contribution is -2.24. The van der Waals surface area contributed by atoms with E-state index in [1.807, 2.05) is 12.1 Å². The van der Waals surface area contributed by atoms with E-state index in [0.717, 1.165) is 16.6 Å². The molecule has 1 nitrogen and oxygen atoms in total. The second-order valence-electron chi connectivity index (χ2n) is 6.00. The van der Waals surface area contributed by atoms with E-state index in [0.29, 0.717) is 5.41 Å². The van der Waals surface area contributed by atoms with Crippen LogP contribution in [0.5, 0.6) is 0 Å². The maximum absolute atomic E-state index is 8.76. The van der Waals surface area contributed by atoms with Crippen LogP contribution in [0.3, 0.4) is 0 Å². The van der Waals surface area contributed by atoms with E-state index < -0.39 is 0 Å². The molecule has 0 spiro atoms. The third-order valence-electron chi connectivity index (χ3n) is 3.73. The predicted molar refractivity (Wildman–Crippen MR) is 78.5 cm³/mol. The third-order valence-corrected chi connectivity index (χ3v) is 5.10. The van der Waals surface area contributed by atoms with Crippen molar-refractivity contribution in [1.29, 1.82) is 5.26 Å². The van der Waals surface area contributed by atoms with Gasteiger partial charge in [-0.3, -0.25) is 0 Å². The fourth-order valence-corrected chi connectivity index (χ4v) is 4.18.